The first-order chi connectivity index (χ1) is 4.88. The fourth-order valence-corrected chi connectivity index (χ4v) is 0.730. The number of rotatable bonds is 3. The normalized spacial score (nSPS) is 10.2. The van der Waals surface area contributed by atoms with Crippen molar-refractivity contribution in [1.82, 2.24) is 20.2 Å². The van der Waals surface area contributed by atoms with Crippen LogP contribution in [0.2, 0.25) is 0 Å². The summed E-state index contributed by atoms with van der Waals surface area (Å²) in [6.07, 6.45) is 0.743. The Morgan fingerprint density at radius 1 is 1.60 bits per heavy atom. The summed E-state index contributed by atoms with van der Waals surface area (Å²) in [5.74, 6) is 0.734. The minimum atomic E-state index is -0.419. The molecule has 0 saturated carbocycles. The van der Waals surface area contributed by atoms with Gasteiger partial charge >= 0.3 is 0 Å². The number of hydrogen-bond acceptors (Lipinski definition) is 3. The van der Waals surface area contributed by atoms with E-state index in [1.165, 1.54) is 4.68 Å². The van der Waals surface area contributed by atoms with Crippen molar-refractivity contribution in [2.24, 2.45) is 0 Å². The maximum atomic E-state index is 11.8. The highest BCUT2D eigenvalue weighted by Gasteiger charge is 2.00. The summed E-state index contributed by atoms with van der Waals surface area (Å²) in [7, 11) is 0. The van der Waals surface area contributed by atoms with Gasteiger partial charge in [0.25, 0.3) is 0 Å². The Morgan fingerprint density at radius 2 is 2.40 bits per heavy atom. The van der Waals surface area contributed by atoms with E-state index in [0.717, 1.165) is 12.2 Å². The van der Waals surface area contributed by atoms with E-state index in [9.17, 15) is 4.39 Å². The van der Waals surface area contributed by atoms with Crippen molar-refractivity contribution in [2.75, 3.05) is 6.67 Å². The van der Waals surface area contributed by atoms with Gasteiger partial charge < -0.3 is 0 Å². The molecule has 1 rings (SSSR count). The van der Waals surface area contributed by atoms with E-state index in [1.54, 1.807) is 0 Å². The topological polar surface area (TPSA) is 43.6 Å². The van der Waals surface area contributed by atoms with Crippen molar-refractivity contribution in [3.63, 3.8) is 0 Å². The lowest BCUT2D eigenvalue weighted by atomic mass is 10.4. The van der Waals surface area contributed by atoms with Crippen LogP contribution in [-0.4, -0.2) is 26.9 Å². The van der Waals surface area contributed by atoms with Crippen molar-refractivity contribution in [3.8, 4) is 0 Å². The fraction of sp³-hybridized carbons (Fsp3) is 0.800. The number of hydrogen-bond donors (Lipinski definition) is 0. The first-order valence-electron chi connectivity index (χ1n) is 3.19. The molecule has 5 heteroatoms. The molecule has 0 aromatic carbocycles. The Kier molecular flexibility index (Phi) is 2.30. The average molecular weight is 144 g/mol. The van der Waals surface area contributed by atoms with Crippen LogP contribution >= 0.6 is 0 Å². The van der Waals surface area contributed by atoms with E-state index < -0.39 is 6.67 Å². The Morgan fingerprint density at radius 3 is 3.00 bits per heavy atom. The standard InChI is InChI=1S/C5H9FN4/c1-2-5-7-8-9-10(5)4-3-6/h2-4H2,1H3. The summed E-state index contributed by atoms with van der Waals surface area (Å²) in [4.78, 5) is 0. The van der Waals surface area contributed by atoms with Gasteiger partial charge in [0.2, 0.25) is 0 Å². The number of tetrazole rings is 1. The molecule has 0 amide bonds. The first kappa shape index (κ1) is 7.11. The molecule has 0 saturated heterocycles. The molecule has 1 aromatic rings. The van der Waals surface area contributed by atoms with Crippen molar-refractivity contribution in [3.05, 3.63) is 5.82 Å². The quantitative estimate of drug-likeness (QED) is 0.608. The van der Waals surface area contributed by atoms with Gasteiger partial charge in [-0.1, -0.05) is 6.92 Å². The van der Waals surface area contributed by atoms with Crippen LogP contribution in [0.4, 0.5) is 4.39 Å². The molecule has 10 heavy (non-hydrogen) atoms. The third-order valence-electron chi connectivity index (χ3n) is 1.22. The third kappa shape index (κ3) is 1.29. The number of alkyl halides is 1. The van der Waals surface area contributed by atoms with Gasteiger partial charge in [-0.05, 0) is 10.4 Å². The van der Waals surface area contributed by atoms with Crippen molar-refractivity contribution in [2.45, 2.75) is 19.9 Å². The summed E-state index contributed by atoms with van der Waals surface area (Å²) >= 11 is 0. The smallest absolute Gasteiger partial charge is 0.151 e. The lowest BCUT2D eigenvalue weighted by Crippen LogP contribution is -2.06. The minimum absolute atomic E-state index is 0.260. The van der Waals surface area contributed by atoms with Crippen LogP contribution in [0, 0.1) is 0 Å². The molecule has 0 aliphatic carbocycles. The van der Waals surface area contributed by atoms with Gasteiger partial charge in [0.05, 0.1) is 6.54 Å². The van der Waals surface area contributed by atoms with Gasteiger partial charge in [-0.15, -0.1) is 5.10 Å². The molecule has 1 heterocycles. The fourth-order valence-electron chi connectivity index (χ4n) is 0.730. The lowest BCUT2D eigenvalue weighted by Gasteiger charge is -1.95. The van der Waals surface area contributed by atoms with Gasteiger partial charge in [0.1, 0.15) is 6.67 Å². The molecule has 0 radical (unpaired) electrons. The van der Waals surface area contributed by atoms with Crippen LogP contribution in [0.1, 0.15) is 12.7 Å². The molecule has 1 aromatic heterocycles. The van der Waals surface area contributed by atoms with Gasteiger partial charge in [0, 0.05) is 6.42 Å². The molecule has 0 aliphatic heterocycles. The van der Waals surface area contributed by atoms with Crippen LogP contribution in [0.3, 0.4) is 0 Å². The highest BCUT2D eigenvalue weighted by atomic mass is 19.1. The molecule has 0 unspecified atom stereocenters. The maximum Gasteiger partial charge on any atom is 0.151 e. The van der Waals surface area contributed by atoms with Crippen LogP contribution < -0.4 is 0 Å². The minimum Gasteiger partial charge on any atom is -0.249 e. The number of halogens is 1. The Balaban J connectivity index is 2.70. The summed E-state index contributed by atoms with van der Waals surface area (Å²) in [5.41, 5.74) is 0. The van der Waals surface area contributed by atoms with E-state index in [4.69, 9.17) is 0 Å². The predicted octanol–water partition coefficient (Wildman–Crippen LogP) is 0.205. The average Bonchev–Trinajstić information content (AvgIpc) is 2.36. The molecule has 0 fully saturated rings. The largest absolute Gasteiger partial charge is 0.249 e. The highest BCUT2D eigenvalue weighted by Crippen LogP contribution is 1.91. The van der Waals surface area contributed by atoms with Gasteiger partial charge in [-0.2, -0.15) is 0 Å². The van der Waals surface area contributed by atoms with Crippen LogP contribution in [0.15, 0.2) is 0 Å². The monoisotopic (exact) mass is 144 g/mol. The number of nitrogens with zero attached hydrogens (tertiary/aromatic N) is 4. The van der Waals surface area contributed by atoms with E-state index >= 15 is 0 Å². The second-order valence-corrected chi connectivity index (χ2v) is 1.86. The zero-order chi connectivity index (χ0) is 7.40. The SMILES string of the molecule is CCc1nnnn1CCF. The molecule has 0 N–H and O–H groups in total. The van der Waals surface area contributed by atoms with E-state index in [-0.39, 0.29) is 6.54 Å². The van der Waals surface area contributed by atoms with Gasteiger partial charge in [-0.25, -0.2) is 9.07 Å². The highest BCUT2D eigenvalue weighted by molar-refractivity contribution is 4.77. The first-order valence-corrected chi connectivity index (χ1v) is 3.19. The molecule has 0 aliphatic rings. The van der Waals surface area contributed by atoms with Crippen molar-refractivity contribution >= 4 is 0 Å². The summed E-state index contributed by atoms with van der Waals surface area (Å²) in [6, 6.07) is 0. The van der Waals surface area contributed by atoms with Gasteiger partial charge in [0.15, 0.2) is 5.82 Å². The maximum absolute atomic E-state index is 11.8. The zero-order valence-corrected chi connectivity index (χ0v) is 5.79. The number of aromatic nitrogens is 4. The second kappa shape index (κ2) is 3.24. The van der Waals surface area contributed by atoms with Crippen molar-refractivity contribution in [1.29, 1.82) is 0 Å². The third-order valence-corrected chi connectivity index (χ3v) is 1.22. The van der Waals surface area contributed by atoms with E-state index in [0.29, 0.717) is 0 Å². The molecular formula is C5H9FN4. The molecule has 0 spiro atoms. The molecular weight excluding hydrogens is 135 g/mol. The van der Waals surface area contributed by atoms with E-state index in [1.807, 2.05) is 6.92 Å². The summed E-state index contributed by atoms with van der Waals surface area (Å²) in [6.45, 7) is 1.77. The van der Waals surface area contributed by atoms with Crippen LogP contribution in [-0.2, 0) is 13.0 Å². The van der Waals surface area contributed by atoms with Crippen LogP contribution in [0.5, 0.6) is 0 Å². The Hall–Kier alpha value is -1.00. The van der Waals surface area contributed by atoms with Gasteiger partial charge in [-0.3, -0.25) is 0 Å². The van der Waals surface area contributed by atoms with Crippen LogP contribution in [0.25, 0.3) is 0 Å². The van der Waals surface area contributed by atoms with Crippen molar-refractivity contribution < 1.29 is 4.39 Å². The Labute approximate surface area is 58.0 Å². The Bertz CT molecular complexity index is 197. The molecule has 4 nitrogen and oxygen atoms in total. The predicted molar refractivity (Wildman–Crippen MR) is 33.2 cm³/mol. The lowest BCUT2D eigenvalue weighted by molar-refractivity contribution is 0.415. The molecule has 0 atom stereocenters. The number of aryl methyl sites for hydroxylation is 2. The summed E-state index contributed by atoms with van der Waals surface area (Å²) < 4.78 is 13.2. The molecule has 56 valence electrons. The molecule has 0 bridgehead atoms. The second-order valence-electron chi connectivity index (χ2n) is 1.86. The zero-order valence-electron chi connectivity index (χ0n) is 5.79. The summed E-state index contributed by atoms with van der Waals surface area (Å²) in [5, 5.41) is 10.7. The van der Waals surface area contributed by atoms with E-state index in [2.05, 4.69) is 15.5 Å².